The SMILES string of the molecule is O=C(Nc1ccccc1Oc1ccccc1)c1ccc(S(=O)(=O)N2CCc3ccccc3C2)cc1. The van der Waals surface area contributed by atoms with Crippen molar-refractivity contribution in [3.63, 3.8) is 0 Å². The maximum Gasteiger partial charge on any atom is 0.255 e. The van der Waals surface area contributed by atoms with Crippen LogP contribution in [0.1, 0.15) is 21.5 Å². The summed E-state index contributed by atoms with van der Waals surface area (Å²) in [4.78, 5) is 13.1. The van der Waals surface area contributed by atoms with Gasteiger partial charge in [0.25, 0.3) is 5.91 Å². The van der Waals surface area contributed by atoms with Crippen LogP contribution in [0.5, 0.6) is 11.5 Å². The van der Waals surface area contributed by atoms with Gasteiger partial charge in [-0.2, -0.15) is 4.31 Å². The monoisotopic (exact) mass is 484 g/mol. The van der Waals surface area contributed by atoms with E-state index in [0.29, 0.717) is 42.3 Å². The van der Waals surface area contributed by atoms with Gasteiger partial charge in [-0.25, -0.2) is 8.42 Å². The van der Waals surface area contributed by atoms with Gasteiger partial charge in [-0.15, -0.1) is 0 Å². The van der Waals surface area contributed by atoms with Crippen molar-refractivity contribution in [2.24, 2.45) is 0 Å². The zero-order chi connectivity index (χ0) is 24.3. The number of hydrogen-bond donors (Lipinski definition) is 1. The molecule has 6 nitrogen and oxygen atoms in total. The summed E-state index contributed by atoms with van der Waals surface area (Å²) < 4.78 is 33.8. The zero-order valence-electron chi connectivity index (χ0n) is 18.9. The van der Waals surface area contributed by atoms with Gasteiger partial charge in [0, 0.05) is 18.7 Å². The van der Waals surface area contributed by atoms with E-state index in [1.807, 2.05) is 60.7 Å². The highest BCUT2D eigenvalue weighted by Gasteiger charge is 2.28. The predicted octanol–water partition coefficient (Wildman–Crippen LogP) is 5.48. The first-order valence-electron chi connectivity index (χ1n) is 11.3. The number of nitrogens with one attached hydrogen (secondary N) is 1. The van der Waals surface area contributed by atoms with Crippen LogP contribution in [0.2, 0.25) is 0 Å². The molecule has 5 rings (SSSR count). The zero-order valence-corrected chi connectivity index (χ0v) is 19.7. The van der Waals surface area contributed by atoms with Crippen molar-refractivity contribution in [1.29, 1.82) is 0 Å². The lowest BCUT2D eigenvalue weighted by Gasteiger charge is -2.28. The van der Waals surface area contributed by atoms with E-state index in [0.717, 1.165) is 5.56 Å². The molecule has 176 valence electrons. The first-order chi connectivity index (χ1) is 17.0. The van der Waals surface area contributed by atoms with Gasteiger partial charge in [-0.1, -0.05) is 54.6 Å². The first kappa shape index (κ1) is 22.8. The minimum atomic E-state index is -3.67. The Hall–Kier alpha value is -3.94. The maximum atomic E-state index is 13.2. The van der Waals surface area contributed by atoms with Crippen LogP contribution in [0.25, 0.3) is 0 Å². The molecule has 0 saturated carbocycles. The van der Waals surface area contributed by atoms with Gasteiger partial charge in [-0.05, 0) is 66.1 Å². The summed E-state index contributed by atoms with van der Waals surface area (Å²) in [6.07, 6.45) is 0.681. The molecule has 4 aromatic rings. The Balaban J connectivity index is 1.30. The van der Waals surface area contributed by atoms with Crippen molar-refractivity contribution in [3.8, 4) is 11.5 Å². The van der Waals surface area contributed by atoms with Gasteiger partial charge < -0.3 is 10.1 Å². The van der Waals surface area contributed by atoms with Crippen LogP contribution >= 0.6 is 0 Å². The Kier molecular flexibility index (Phi) is 6.35. The van der Waals surface area contributed by atoms with Crippen molar-refractivity contribution in [3.05, 3.63) is 120 Å². The van der Waals surface area contributed by atoms with Gasteiger partial charge in [0.05, 0.1) is 10.6 Å². The second-order valence-corrected chi connectivity index (χ2v) is 10.2. The quantitative estimate of drug-likeness (QED) is 0.393. The number of ether oxygens (including phenoxy) is 1. The molecule has 0 spiro atoms. The fourth-order valence-electron chi connectivity index (χ4n) is 4.07. The molecular weight excluding hydrogens is 460 g/mol. The van der Waals surface area contributed by atoms with E-state index >= 15 is 0 Å². The highest BCUT2D eigenvalue weighted by atomic mass is 32.2. The van der Waals surface area contributed by atoms with Crippen LogP contribution in [0.3, 0.4) is 0 Å². The maximum absolute atomic E-state index is 13.2. The highest BCUT2D eigenvalue weighted by Crippen LogP contribution is 2.30. The summed E-state index contributed by atoms with van der Waals surface area (Å²) in [6, 6.07) is 30.4. The van der Waals surface area contributed by atoms with Crippen LogP contribution in [-0.2, 0) is 23.0 Å². The number of nitrogens with zero attached hydrogens (tertiary/aromatic N) is 1. The highest BCUT2D eigenvalue weighted by molar-refractivity contribution is 7.89. The molecule has 0 unspecified atom stereocenters. The molecule has 0 aliphatic carbocycles. The summed E-state index contributed by atoms with van der Waals surface area (Å²) in [6.45, 7) is 0.777. The molecule has 35 heavy (non-hydrogen) atoms. The average Bonchev–Trinajstić information content (AvgIpc) is 2.90. The third-order valence-electron chi connectivity index (χ3n) is 5.96. The van der Waals surface area contributed by atoms with Crippen molar-refractivity contribution >= 4 is 21.6 Å². The van der Waals surface area contributed by atoms with Crippen LogP contribution in [0, 0.1) is 0 Å². The van der Waals surface area contributed by atoms with E-state index in [9.17, 15) is 13.2 Å². The lowest BCUT2D eigenvalue weighted by molar-refractivity contribution is 0.102. The van der Waals surface area contributed by atoms with E-state index in [2.05, 4.69) is 5.32 Å². The predicted molar refractivity (Wildman–Crippen MR) is 135 cm³/mol. The third kappa shape index (κ3) is 4.96. The standard InChI is InChI=1S/C28H24N2O4S/c31-28(29-26-12-6-7-13-27(26)34-24-10-2-1-3-11-24)22-14-16-25(17-15-22)35(32,33)30-19-18-21-8-4-5-9-23(21)20-30/h1-17H,18-20H2,(H,29,31). The molecule has 1 aliphatic heterocycles. The van der Waals surface area contributed by atoms with Crippen LogP contribution < -0.4 is 10.1 Å². The average molecular weight is 485 g/mol. The number of benzene rings is 4. The summed E-state index contributed by atoms with van der Waals surface area (Å²) in [5, 5.41) is 2.86. The number of rotatable bonds is 6. The molecule has 4 aromatic carbocycles. The van der Waals surface area contributed by atoms with E-state index < -0.39 is 10.0 Å². The van der Waals surface area contributed by atoms with E-state index in [1.165, 1.54) is 34.1 Å². The number of carbonyl (C=O) groups excluding carboxylic acids is 1. The fraction of sp³-hybridized carbons (Fsp3) is 0.107. The van der Waals surface area contributed by atoms with Crippen molar-refractivity contribution in [2.45, 2.75) is 17.9 Å². The summed E-state index contributed by atoms with van der Waals surface area (Å²) in [5.41, 5.74) is 3.07. The Morgan fingerprint density at radius 2 is 1.43 bits per heavy atom. The third-order valence-corrected chi connectivity index (χ3v) is 7.82. The van der Waals surface area contributed by atoms with Gasteiger partial charge >= 0.3 is 0 Å². The molecule has 1 amide bonds. The molecule has 0 saturated heterocycles. The molecule has 0 aromatic heterocycles. The molecular formula is C28H24N2O4S. The Morgan fingerprint density at radius 3 is 2.20 bits per heavy atom. The van der Waals surface area contributed by atoms with Crippen molar-refractivity contribution in [1.82, 2.24) is 4.31 Å². The summed E-state index contributed by atoms with van der Waals surface area (Å²) >= 11 is 0. The van der Waals surface area contributed by atoms with Crippen molar-refractivity contribution < 1.29 is 17.9 Å². The molecule has 0 fully saturated rings. The topological polar surface area (TPSA) is 75.7 Å². The molecule has 1 aliphatic rings. The number of sulfonamides is 1. The second kappa shape index (κ2) is 9.74. The minimum Gasteiger partial charge on any atom is -0.455 e. The molecule has 1 heterocycles. The molecule has 0 atom stereocenters. The second-order valence-electron chi connectivity index (χ2n) is 8.25. The van der Waals surface area contributed by atoms with Gasteiger partial charge in [0.2, 0.25) is 10.0 Å². The first-order valence-corrected chi connectivity index (χ1v) is 12.7. The molecule has 0 radical (unpaired) electrons. The van der Waals surface area contributed by atoms with Gasteiger partial charge in [0.1, 0.15) is 5.75 Å². The van der Waals surface area contributed by atoms with Crippen molar-refractivity contribution in [2.75, 3.05) is 11.9 Å². The summed E-state index contributed by atoms with van der Waals surface area (Å²) in [5.74, 6) is 0.811. The number of para-hydroxylation sites is 3. The Morgan fingerprint density at radius 1 is 0.771 bits per heavy atom. The van der Waals surface area contributed by atoms with E-state index in [1.54, 1.807) is 18.2 Å². The smallest absolute Gasteiger partial charge is 0.255 e. The van der Waals surface area contributed by atoms with Gasteiger partial charge in [0.15, 0.2) is 5.75 Å². The summed E-state index contributed by atoms with van der Waals surface area (Å²) in [7, 11) is -3.67. The van der Waals surface area contributed by atoms with Crippen LogP contribution in [-0.4, -0.2) is 25.2 Å². The van der Waals surface area contributed by atoms with Gasteiger partial charge in [-0.3, -0.25) is 4.79 Å². The number of carbonyl (C=O) groups is 1. The minimum absolute atomic E-state index is 0.168. The normalized spacial score (nSPS) is 13.6. The Bertz CT molecular complexity index is 1450. The lowest BCUT2D eigenvalue weighted by Crippen LogP contribution is -2.35. The number of fused-ring (bicyclic) bond motifs is 1. The molecule has 7 heteroatoms. The van der Waals surface area contributed by atoms with E-state index in [-0.39, 0.29) is 10.8 Å². The van der Waals surface area contributed by atoms with E-state index in [4.69, 9.17) is 4.74 Å². The number of hydrogen-bond acceptors (Lipinski definition) is 4. The van der Waals surface area contributed by atoms with Crippen LogP contribution in [0.4, 0.5) is 5.69 Å². The fourth-order valence-corrected chi connectivity index (χ4v) is 5.49. The molecule has 1 N–H and O–H groups in total. The number of anilines is 1. The van der Waals surface area contributed by atoms with Crippen LogP contribution in [0.15, 0.2) is 108 Å². The number of amides is 1. The molecule has 0 bridgehead atoms. The largest absolute Gasteiger partial charge is 0.455 e. The Labute approximate surface area is 204 Å². The lowest BCUT2D eigenvalue weighted by atomic mass is 10.0.